The lowest BCUT2D eigenvalue weighted by atomic mass is 9.95. The van der Waals surface area contributed by atoms with Crippen molar-refractivity contribution in [2.75, 3.05) is 0 Å². The van der Waals surface area contributed by atoms with E-state index in [1.807, 2.05) is 30.2 Å². The third-order valence-corrected chi connectivity index (χ3v) is 5.06. The van der Waals surface area contributed by atoms with E-state index in [4.69, 9.17) is 16.3 Å². The molecule has 2 bridgehead atoms. The molecule has 2 saturated heterocycles. The first-order valence-corrected chi connectivity index (χ1v) is 8.57. The molecule has 4 rings (SSSR count). The van der Waals surface area contributed by atoms with Crippen LogP contribution in [0.25, 0.3) is 11.2 Å². The first kappa shape index (κ1) is 15.6. The molecule has 0 radical (unpaired) electrons. The fourth-order valence-electron chi connectivity index (χ4n) is 3.92. The van der Waals surface area contributed by atoms with E-state index >= 15 is 0 Å². The van der Waals surface area contributed by atoms with Crippen LogP contribution in [0.2, 0.25) is 5.15 Å². The summed E-state index contributed by atoms with van der Waals surface area (Å²) in [5, 5.41) is 0.353. The second-order valence-electron chi connectivity index (χ2n) is 7.48. The van der Waals surface area contributed by atoms with Crippen molar-refractivity contribution in [2.45, 2.75) is 63.8 Å². The maximum absolute atomic E-state index is 12.6. The smallest absolute Gasteiger partial charge is 0.410 e. The van der Waals surface area contributed by atoms with Gasteiger partial charge in [0.2, 0.25) is 0 Å². The summed E-state index contributed by atoms with van der Waals surface area (Å²) < 4.78 is 7.62. The quantitative estimate of drug-likeness (QED) is 0.739. The molecule has 2 aliphatic heterocycles. The van der Waals surface area contributed by atoms with Crippen LogP contribution in [0.15, 0.2) is 12.7 Å². The lowest BCUT2D eigenvalue weighted by molar-refractivity contribution is 0.0207. The van der Waals surface area contributed by atoms with E-state index in [0.717, 1.165) is 24.9 Å². The van der Waals surface area contributed by atoms with Gasteiger partial charge < -0.3 is 14.2 Å². The Morgan fingerprint density at radius 2 is 2.04 bits per heavy atom. The number of rotatable bonds is 1. The van der Waals surface area contributed by atoms with Gasteiger partial charge in [-0.25, -0.2) is 19.7 Å². The molecule has 2 aromatic rings. The zero-order chi connectivity index (χ0) is 17.1. The van der Waals surface area contributed by atoms with Crippen molar-refractivity contribution >= 4 is 28.9 Å². The minimum Gasteiger partial charge on any atom is -0.444 e. The normalized spacial score (nSPS) is 26.3. The monoisotopic (exact) mass is 349 g/mol. The van der Waals surface area contributed by atoms with Crippen LogP contribution in [0.1, 0.15) is 46.1 Å². The number of ether oxygens (including phenoxy) is 1. The highest BCUT2D eigenvalue weighted by molar-refractivity contribution is 6.33. The van der Waals surface area contributed by atoms with Gasteiger partial charge in [0, 0.05) is 6.04 Å². The molecule has 2 fully saturated rings. The Balaban J connectivity index is 1.64. The summed E-state index contributed by atoms with van der Waals surface area (Å²) >= 11 is 6.10. The number of imidazole rings is 1. The molecule has 8 heteroatoms. The first-order chi connectivity index (χ1) is 11.3. The number of fused-ring (bicyclic) bond motifs is 3. The fourth-order valence-corrected chi connectivity index (χ4v) is 4.10. The SMILES string of the molecule is CC(C)(C)OC(=O)N1[C@H]2CC[C@@H]1C(n1cnc3c(Cl)ncnc31)C2. The van der Waals surface area contributed by atoms with Crippen LogP contribution in [0.4, 0.5) is 4.79 Å². The Labute approximate surface area is 145 Å². The Bertz CT molecular complexity index is 799. The molecule has 0 saturated carbocycles. The molecule has 7 nitrogen and oxygen atoms in total. The Morgan fingerprint density at radius 1 is 1.25 bits per heavy atom. The van der Waals surface area contributed by atoms with Crippen LogP contribution < -0.4 is 0 Å². The number of carbonyl (C=O) groups excluding carboxylic acids is 1. The molecule has 0 aliphatic carbocycles. The average Bonchev–Trinajstić information content (AvgIpc) is 3.17. The molecule has 24 heavy (non-hydrogen) atoms. The van der Waals surface area contributed by atoms with Gasteiger partial charge >= 0.3 is 6.09 Å². The van der Waals surface area contributed by atoms with Gasteiger partial charge in [0.15, 0.2) is 10.8 Å². The van der Waals surface area contributed by atoms with Crippen LogP contribution in [-0.4, -0.2) is 48.2 Å². The van der Waals surface area contributed by atoms with Crippen molar-refractivity contribution in [2.24, 2.45) is 0 Å². The second kappa shape index (κ2) is 5.31. The van der Waals surface area contributed by atoms with Gasteiger partial charge in [-0.3, -0.25) is 0 Å². The summed E-state index contributed by atoms with van der Waals surface area (Å²) in [6.45, 7) is 5.67. The minimum atomic E-state index is -0.489. The molecule has 1 amide bonds. The summed E-state index contributed by atoms with van der Waals surface area (Å²) in [6, 6.07) is 0.466. The molecular weight excluding hydrogens is 330 g/mol. The third kappa shape index (κ3) is 2.42. The van der Waals surface area contributed by atoms with E-state index in [1.165, 1.54) is 6.33 Å². The van der Waals surface area contributed by atoms with Crippen LogP contribution in [-0.2, 0) is 4.74 Å². The highest BCUT2D eigenvalue weighted by Gasteiger charge is 2.50. The number of carbonyl (C=O) groups is 1. The van der Waals surface area contributed by atoms with Crippen molar-refractivity contribution in [1.29, 1.82) is 0 Å². The number of halogens is 1. The summed E-state index contributed by atoms with van der Waals surface area (Å²) in [5.74, 6) is 0. The van der Waals surface area contributed by atoms with Gasteiger partial charge in [0.25, 0.3) is 0 Å². The Hall–Kier alpha value is -1.89. The van der Waals surface area contributed by atoms with E-state index in [9.17, 15) is 4.79 Å². The molecule has 1 unspecified atom stereocenters. The molecule has 0 N–H and O–H groups in total. The van der Waals surface area contributed by atoms with Crippen molar-refractivity contribution in [3.63, 3.8) is 0 Å². The van der Waals surface area contributed by atoms with Crippen molar-refractivity contribution in [3.8, 4) is 0 Å². The molecule has 3 atom stereocenters. The van der Waals surface area contributed by atoms with Crippen LogP contribution in [0.3, 0.4) is 0 Å². The van der Waals surface area contributed by atoms with E-state index in [-0.39, 0.29) is 24.2 Å². The lowest BCUT2D eigenvalue weighted by Crippen LogP contribution is -2.40. The Morgan fingerprint density at radius 3 is 2.79 bits per heavy atom. The topological polar surface area (TPSA) is 73.1 Å². The molecule has 0 spiro atoms. The molecule has 2 aliphatic rings. The van der Waals surface area contributed by atoms with E-state index in [0.29, 0.717) is 10.7 Å². The lowest BCUT2D eigenvalue weighted by Gasteiger charge is -2.28. The summed E-state index contributed by atoms with van der Waals surface area (Å²) in [5.41, 5.74) is 0.833. The van der Waals surface area contributed by atoms with Crippen LogP contribution >= 0.6 is 11.6 Å². The Kier molecular flexibility index (Phi) is 3.46. The zero-order valence-corrected chi connectivity index (χ0v) is 14.7. The third-order valence-electron chi connectivity index (χ3n) is 4.78. The number of aromatic nitrogens is 4. The molecule has 0 aromatic carbocycles. The fraction of sp³-hybridized carbons (Fsp3) is 0.625. The molecule has 4 heterocycles. The van der Waals surface area contributed by atoms with Crippen LogP contribution in [0, 0.1) is 0 Å². The number of amides is 1. The van der Waals surface area contributed by atoms with Gasteiger partial charge in [-0.15, -0.1) is 0 Å². The van der Waals surface area contributed by atoms with E-state index < -0.39 is 5.60 Å². The van der Waals surface area contributed by atoms with Crippen molar-refractivity contribution < 1.29 is 9.53 Å². The second-order valence-corrected chi connectivity index (χ2v) is 7.84. The molecule has 128 valence electrons. The zero-order valence-electron chi connectivity index (χ0n) is 13.9. The first-order valence-electron chi connectivity index (χ1n) is 8.19. The van der Waals surface area contributed by atoms with Crippen molar-refractivity contribution in [3.05, 3.63) is 17.8 Å². The van der Waals surface area contributed by atoms with Crippen LogP contribution in [0.5, 0.6) is 0 Å². The van der Waals surface area contributed by atoms with E-state index in [1.54, 1.807) is 6.33 Å². The highest BCUT2D eigenvalue weighted by atomic mass is 35.5. The summed E-state index contributed by atoms with van der Waals surface area (Å²) in [4.78, 5) is 27.1. The number of nitrogens with zero attached hydrogens (tertiary/aromatic N) is 5. The summed E-state index contributed by atoms with van der Waals surface area (Å²) in [6.07, 6.45) is 5.84. The maximum atomic E-state index is 12.6. The summed E-state index contributed by atoms with van der Waals surface area (Å²) in [7, 11) is 0. The predicted octanol–water partition coefficient (Wildman–Crippen LogP) is 3.19. The van der Waals surface area contributed by atoms with Gasteiger partial charge in [-0.2, -0.15) is 0 Å². The number of hydrogen-bond acceptors (Lipinski definition) is 5. The molecule has 2 aromatic heterocycles. The van der Waals surface area contributed by atoms with Gasteiger partial charge in [0.1, 0.15) is 17.4 Å². The largest absolute Gasteiger partial charge is 0.444 e. The molecular formula is C16H20ClN5O2. The van der Waals surface area contributed by atoms with Gasteiger partial charge in [-0.1, -0.05) is 11.6 Å². The van der Waals surface area contributed by atoms with Gasteiger partial charge in [-0.05, 0) is 40.0 Å². The standard InChI is InChI=1S/C16H20ClN5O2/c1-16(2,3)24-15(23)22-9-4-5-10(22)11(6-9)21-8-20-12-13(17)18-7-19-14(12)21/h7-11H,4-6H2,1-3H3/t9-,10+,11?/m0/s1. The highest BCUT2D eigenvalue weighted by Crippen LogP contribution is 2.45. The minimum absolute atomic E-state index is 0.107. The average molecular weight is 350 g/mol. The van der Waals surface area contributed by atoms with Crippen molar-refractivity contribution in [1.82, 2.24) is 24.4 Å². The maximum Gasteiger partial charge on any atom is 0.410 e. The van der Waals surface area contributed by atoms with Gasteiger partial charge in [0.05, 0.1) is 18.4 Å². The van der Waals surface area contributed by atoms with E-state index in [2.05, 4.69) is 15.0 Å². The predicted molar refractivity (Wildman–Crippen MR) is 88.9 cm³/mol. The number of hydrogen-bond donors (Lipinski definition) is 0.